The van der Waals surface area contributed by atoms with Gasteiger partial charge >= 0.3 is 0 Å². The topological polar surface area (TPSA) is 46.2 Å². The highest BCUT2D eigenvalue weighted by molar-refractivity contribution is 6.12. The fourth-order valence-electron chi connectivity index (χ4n) is 1.68. The van der Waals surface area contributed by atoms with Crippen LogP contribution in [-0.2, 0) is 9.59 Å². The standard InChI is InChI=1S/C14H12.C4H3NO2/c1-3-7-13(8-4-1)11-12-14-9-5-2-6-10-14;6-3-1-2-4(7)5-3/h1-12H;1-2H,(H,5,6,7)/b12-11+;. The summed E-state index contributed by atoms with van der Waals surface area (Å²) in [6.07, 6.45) is 6.63. The summed E-state index contributed by atoms with van der Waals surface area (Å²) in [5.41, 5.74) is 2.47. The molecule has 2 aromatic rings. The average molecular weight is 277 g/mol. The molecule has 3 nitrogen and oxygen atoms in total. The van der Waals surface area contributed by atoms with Gasteiger partial charge in [0.25, 0.3) is 11.8 Å². The zero-order valence-electron chi connectivity index (χ0n) is 11.4. The van der Waals surface area contributed by atoms with E-state index in [4.69, 9.17) is 0 Å². The maximum Gasteiger partial charge on any atom is 0.250 e. The second kappa shape index (κ2) is 7.60. The van der Waals surface area contributed by atoms with Crippen molar-refractivity contribution in [2.75, 3.05) is 0 Å². The predicted molar refractivity (Wildman–Crippen MR) is 84.1 cm³/mol. The Morgan fingerprint density at radius 2 is 1.00 bits per heavy atom. The summed E-state index contributed by atoms with van der Waals surface area (Å²) in [5.74, 6) is -0.657. The SMILES string of the molecule is C(=C\c1ccccc1)/c1ccccc1.O=C1C=CC(=O)N1. The summed E-state index contributed by atoms with van der Waals surface area (Å²) >= 11 is 0. The molecule has 0 saturated heterocycles. The number of imide groups is 1. The Bertz CT molecular complexity index is 601. The molecule has 2 aromatic carbocycles. The third-order valence-corrected chi connectivity index (χ3v) is 2.70. The highest BCUT2D eigenvalue weighted by Gasteiger charge is 2.06. The molecule has 0 unspecified atom stereocenters. The number of carbonyl (C=O) groups is 2. The Morgan fingerprint density at radius 3 is 1.29 bits per heavy atom. The van der Waals surface area contributed by atoms with E-state index < -0.39 is 0 Å². The van der Waals surface area contributed by atoms with E-state index in [9.17, 15) is 9.59 Å². The van der Waals surface area contributed by atoms with Crippen molar-refractivity contribution >= 4 is 24.0 Å². The molecule has 1 heterocycles. The fourth-order valence-corrected chi connectivity index (χ4v) is 1.68. The van der Waals surface area contributed by atoms with Crippen LogP contribution in [-0.4, -0.2) is 11.8 Å². The number of carbonyl (C=O) groups excluding carboxylic acids is 2. The quantitative estimate of drug-likeness (QED) is 0.677. The second-order valence-corrected chi connectivity index (χ2v) is 4.34. The van der Waals surface area contributed by atoms with Crippen molar-refractivity contribution in [2.45, 2.75) is 0 Å². The zero-order valence-corrected chi connectivity index (χ0v) is 11.4. The first-order chi connectivity index (χ1) is 10.2. The van der Waals surface area contributed by atoms with Gasteiger partial charge in [0, 0.05) is 12.2 Å². The van der Waals surface area contributed by atoms with Crippen LogP contribution in [0.4, 0.5) is 0 Å². The molecule has 21 heavy (non-hydrogen) atoms. The molecule has 0 bridgehead atoms. The Balaban J connectivity index is 0.000000194. The van der Waals surface area contributed by atoms with Crippen molar-refractivity contribution < 1.29 is 9.59 Å². The number of hydrogen-bond acceptors (Lipinski definition) is 2. The fraction of sp³-hybridized carbons (Fsp3) is 0. The number of hydrogen-bond donors (Lipinski definition) is 1. The van der Waals surface area contributed by atoms with Crippen LogP contribution >= 0.6 is 0 Å². The van der Waals surface area contributed by atoms with Crippen molar-refractivity contribution in [3.8, 4) is 0 Å². The molecular formula is C18H15NO2. The number of rotatable bonds is 2. The van der Waals surface area contributed by atoms with Crippen LogP contribution in [0.2, 0.25) is 0 Å². The van der Waals surface area contributed by atoms with Crippen molar-refractivity contribution in [3.05, 3.63) is 83.9 Å². The third-order valence-electron chi connectivity index (χ3n) is 2.70. The Labute approximate surface area is 123 Å². The highest BCUT2D eigenvalue weighted by Crippen LogP contribution is 2.06. The summed E-state index contributed by atoms with van der Waals surface area (Å²) in [5, 5.41) is 2.03. The van der Waals surface area contributed by atoms with Crippen LogP contribution in [0.3, 0.4) is 0 Å². The summed E-state index contributed by atoms with van der Waals surface area (Å²) < 4.78 is 0. The molecule has 0 atom stereocenters. The Kier molecular flexibility index (Phi) is 5.24. The van der Waals surface area contributed by atoms with E-state index in [1.165, 1.54) is 23.3 Å². The molecule has 0 fully saturated rings. The van der Waals surface area contributed by atoms with Crippen LogP contribution in [0.1, 0.15) is 11.1 Å². The summed E-state index contributed by atoms with van der Waals surface area (Å²) in [4.78, 5) is 20.1. The van der Waals surface area contributed by atoms with E-state index >= 15 is 0 Å². The first-order valence-corrected chi connectivity index (χ1v) is 6.55. The zero-order chi connectivity index (χ0) is 14.9. The van der Waals surface area contributed by atoms with Crippen LogP contribution in [0.5, 0.6) is 0 Å². The van der Waals surface area contributed by atoms with Gasteiger partial charge in [-0.15, -0.1) is 0 Å². The lowest BCUT2D eigenvalue weighted by molar-refractivity contribution is -0.123. The van der Waals surface area contributed by atoms with Gasteiger partial charge in [-0.25, -0.2) is 0 Å². The van der Waals surface area contributed by atoms with Gasteiger partial charge < -0.3 is 0 Å². The lowest BCUT2D eigenvalue weighted by atomic mass is 10.1. The maximum absolute atomic E-state index is 10.0. The largest absolute Gasteiger partial charge is 0.289 e. The average Bonchev–Trinajstić information content (AvgIpc) is 2.91. The molecule has 1 N–H and O–H groups in total. The predicted octanol–water partition coefficient (Wildman–Crippen LogP) is 3.06. The van der Waals surface area contributed by atoms with E-state index in [-0.39, 0.29) is 11.8 Å². The van der Waals surface area contributed by atoms with E-state index in [1.54, 1.807) is 0 Å². The maximum atomic E-state index is 10.0. The van der Waals surface area contributed by atoms with Gasteiger partial charge in [0.15, 0.2) is 0 Å². The number of amides is 2. The van der Waals surface area contributed by atoms with Crippen LogP contribution in [0, 0.1) is 0 Å². The normalized spacial score (nSPS) is 13.0. The van der Waals surface area contributed by atoms with Gasteiger partial charge in [-0.2, -0.15) is 0 Å². The minimum atomic E-state index is -0.329. The van der Waals surface area contributed by atoms with E-state index in [0.717, 1.165) is 0 Å². The van der Waals surface area contributed by atoms with Gasteiger partial charge in [-0.05, 0) is 11.1 Å². The molecule has 0 radical (unpaired) electrons. The summed E-state index contributed by atoms with van der Waals surface area (Å²) in [6, 6.07) is 20.6. The van der Waals surface area contributed by atoms with Crippen molar-refractivity contribution in [3.63, 3.8) is 0 Å². The van der Waals surface area contributed by atoms with Crippen LogP contribution in [0.25, 0.3) is 12.2 Å². The second-order valence-electron chi connectivity index (χ2n) is 4.34. The van der Waals surface area contributed by atoms with Gasteiger partial charge in [-0.3, -0.25) is 14.9 Å². The Morgan fingerprint density at radius 1 is 0.619 bits per heavy atom. The summed E-state index contributed by atoms with van der Waals surface area (Å²) in [6.45, 7) is 0. The Hall–Kier alpha value is -2.94. The summed E-state index contributed by atoms with van der Waals surface area (Å²) in [7, 11) is 0. The number of benzene rings is 2. The molecule has 2 amide bonds. The van der Waals surface area contributed by atoms with E-state index in [0.29, 0.717) is 0 Å². The van der Waals surface area contributed by atoms with Crippen LogP contribution in [0.15, 0.2) is 72.8 Å². The van der Waals surface area contributed by atoms with Gasteiger partial charge in [0.05, 0.1) is 0 Å². The molecule has 0 aliphatic carbocycles. The highest BCUT2D eigenvalue weighted by atomic mass is 16.2. The van der Waals surface area contributed by atoms with Crippen LogP contribution < -0.4 is 5.32 Å². The monoisotopic (exact) mass is 277 g/mol. The lowest BCUT2D eigenvalue weighted by Crippen LogP contribution is -2.19. The van der Waals surface area contributed by atoms with E-state index in [2.05, 4.69) is 36.4 Å². The van der Waals surface area contributed by atoms with Gasteiger partial charge in [-0.1, -0.05) is 72.8 Å². The molecule has 1 aliphatic rings. The van der Waals surface area contributed by atoms with Gasteiger partial charge in [0.2, 0.25) is 0 Å². The first kappa shape index (κ1) is 14.5. The van der Waals surface area contributed by atoms with Gasteiger partial charge in [0.1, 0.15) is 0 Å². The molecule has 0 saturated carbocycles. The molecular weight excluding hydrogens is 262 g/mol. The first-order valence-electron chi connectivity index (χ1n) is 6.55. The smallest absolute Gasteiger partial charge is 0.250 e. The van der Waals surface area contributed by atoms with Crippen molar-refractivity contribution in [1.82, 2.24) is 5.32 Å². The van der Waals surface area contributed by atoms with E-state index in [1.807, 2.05) is 41.7 Å². The van der Waals surface area contributed by atoms with Crippen molar-refractivity contribution in [1.29, 1.82) is 0 Å². The molecule has 1 aliphatic heterocycles. The lowest BCUT2D eigenvalue weighted by Gasteiger charge is -1.92. The third kappa shape index (κ3) is 5.28. The molecule has 0 spiro atoms. The molecule has 3 heteroatoms. The molecule has 0 aromatic heterocycles. The molecule has 3 rings (SSSR count). The number of nitrogens with one attached hydrogen (secondary N) is 1. The minimum absolute atomic E-state index is 0.329. The molecule has 104 valence electrons. The minimum Gasteiger partial charge on any atom is -0.289 e. The van der Waals surface area contributed by atoms with Crippen molar-refractivity contribution in [2.24, 2.45) is 0 Å².